The minimum atomic E-state index is 0.631. The molecule has 2 N–H and O–H groups in total. The molecule has 0 saturated heterocycles. The molecule has 0 aliphatic heterocycles. The quantitative estimate of drug-likeness (QED) is 0.831. The number of hydrogen-bond acceptors (Lipinski definition) is 3. The average molecular weight is 221 g/mol. The van der Waals surface area contributed by atoms with Crippen molar-refractivity contribution < 1.29 is 0 Å². The Balaban J connectivity index is 2.87. The van der Waals surface area contributed by atoms with E-state index in [1.54, 1.807) is 12.4 Å². The second-order valence-electron chi connectivity index (χ2n) is 5.13. The van der Waals surface area contributed by atoms with Crippen LogP contribution in [-0.4, -0.2) is 18.1 Å². The summed E-state index contributed by atoms with van der Waals surface area (Å²) in [4.78, 5) is 6.39. The normalized spacial score (nSPS) is 11.1. The first kappa shape index (κ1) is 12.8. The molecule has 3 nitrogen and oxygen atoms in total. The zero-order chi connectivity index (χ0) is 12.1. The second-order valence-corrected chi connectivity index (χ2v) is 5.13. The van der Waals surface area contributed by atoms with E-state index >= 15 is 0 Å². The summed E-state index contributed by atoms with van der Waals surface area (Å²) in [7, 11) is 0. The van der Waals surface area contributed by atoms with Crippen molar-refractivity contribution in [3.63, 3.8) is 0 Å². The van der Waals surface area contributed by atoms with Crippen molar-refractivity contribution in [1.82, 2.24) is 4.98 Å². The summed E-state index contributed by atoms with van der Waals surface area (Å²) >= 11 is 0. The lowest BCUT2D eigenvalue weighted by Crippen LogP contribution is -2.31. The predicted molar refractivity (Wildman–Crippen MR) is 70.5 cm³/mol. The molecular formula is C13H23N3. The second kappa shape index (κ2) is 5.73. The van der Waals surface area contributed by atoms with Crippen molar-refractivity contribution >= 4 is 11.4 Å². The number of rotatable bonds is 5. The third kappa shape index (κ3) is 3.72. The van der Waals surface area contributed by atoms with E-state index < -0.39 is 0 Å². The SMILES string of the molecule is CC(C)CN(CC(C)C)c1ccncc1N. The van der Waals surface area contributed by atoms with Gasteiger partial charge in [-0.1, -0.05) is 27.7 Å². The molecule has 0 aliphatic carbocycles. The van der Waals surface area contributed by atoms with Crippen LogP contribution in [0, 0.1) is 11.8 Å². The van der Waals surface area contributed by atoms with E-state index in [0.29, 0.717) is 11.8 Å². The third-order valence-electron chi connectivity index (χ3n) is 2.34. The molecule has 0 aliphatic rings. The number of nitrogens with zero attached hydrogens (tertiary/aromatic N) is 2. The molecule has 1 aromatic rings. The fourth-order valence-electron chi connectivity index (χ4n) is 1.84. The van der Waals surface area contributed by atoms with Gasteiger partial charge < -0.3 is 10.6 Å². The minimum absolute atomic E-state index is 0.631. The fourth-order valence-corrected chi connectivity index (χ4v) is 1.84. The number of hydrogen-bond donors (Lipinski definition) is 1. The van der Waals surface area contributed by atoms with E-state index in [1.807, 2.05) is 6.07 Å². The Morgan fingerprint density at radius 3 is 2.19 bits per heavy atom. The summed E-state index contributed by atoms with van der Waals surface area (Å²) < 4.78 is 0. The molecule has 1 heterocycles. The van der Waals surface area contributed by atoms with Gasteiger partial charge in [0.05, 0.1) is 17.6 Å². The van der Waals surface area contributed by atoms with Gasteiger partial charge in [-0.2, -0.15) is 0 Å². The number of anilines is 2. The smallest absolute Gasteiger partial charge is 0.0738 e. The van der Waals surface area contributed by atoms with Gasteiger partial charge in [-0.05, 0) is 17.9 Å². The maximum atomic E-state index is 5.97. The standard InChI is InChI=1S/C13H23N3/c1-10(2)8-16(9-11(3)4)13-5-6-15-7-12(13)14/h5-7,10-11H,8-9,14H2,1-4H3. The van der Waals surface area contributed by atoms with E-state index in [9.17, 15) is 0 Å². The van der Waals surface area contributed by atoms with Crippen molar-refractivity contribution in [2.24, 2.45) is 11.8 Å². The first-order valence-electron chi connectivity index (χ1n) is 5.95. The van der Waals surface area contributed by atoms with Gasteiger partial charge in [0.1, 0.15) is 0 Å². The van der Waals surface area contributed by atoms with Gasteiger partial charge in [0.25, 0.3) is 0 Å². The molecule has 0 atom stereocenters. The largest absolute Gasteiger partial charge is 0.396 e. The molecule has 3 heteroatoms. The van der Waals surface area contributed by atoms with Crippen LogP contribution >= 0.6 is 0 Å². The Kier molecular flexibility index (Phi) is 4.59. The van der Waals surface area contributed by atoms with Gasteiger partial charge in [-0.15, -0.1) is 0 Å². The van der Waals surface area contributed by atoms with Crippen molar-refractivity contribution in [1.29, 1.82) is 0 Å². The molecular weight excluding hydrogens is 198 g/mol. The highest BCUT2D eigenvalue weighted by Gasteiger charge is 2.12. The van der Waals surface area contributed by atoms with E-state index in [0.717, 1.165) is 24.5 Å². The van der Waals surface area contributed by atoms with Crippen molar-refractivity contribution in [2.75, 3.05) is 23.7 Å². The Labute approximate surface area is 98.7 Å². The zero-order valence-corrected chi connectivity index (χ0v) is 10.8. The fraction of sp³-hybridized carbons (Fsp3) is 0.615. The van der Waals surface area contributed by atoms with Crippen LogP contribution < -0.4 is 10.6 Å². The summed E-state index contributed by atoms with van der Waals surface area (Å²) in [5.74, 6) is 1.26. The molecule has 0 fully saturated rings. The monoisotopic (exact) mass is 221 g/mol. The molecule has 0 aromatic carbocycles. The topological polar surface area (TPSA) is 42.2 Å². The van der Waals surface area contributed by atoms with Gasteiger partial charge in [0, 0.05) is 19.3 Å². The molecule has 16 heavy (non-hydrogen) atoms. The molecule has 90 valence electrons. The van der Waals surface area contributed by atoms with E-state index in [-0.39, 0.29) is 0 Å². The maximum Gasteiger partial charge on any atom is 0.0738 e. The Morgan fingerprint density at radius 2 is 1.75 bits per heavy atom. The van der Waals surface area contributed by atoms with Crippen molar-refractivity contribution in [3.05, 3.63) is 18.5 Å². The zero-order valence-electron chi connectivity index (χ0n) is 10.8. The van der Waals surface area contributed by atoms with Crippen LogP contribution in [0.1, 0.15) is 27.7 Å². The molecule has 0 unspecified atom stereocenters. The van der Waals surface area contributed by atoms with Gasteiger partial charge in [-0.25, -0.2) is 0 Å². The lowest BCUT2D eigenvalue weighted by atomic mass is 10.1. The molecule has 1 rings (SSSR count). The van der Waals surface area contributed by atoms with Crippen LogP contribution in [0.25, 0.3) is 0 Å². The molecule has 0 amide bonds. The van der Waals surface area contributed by atoms with Crippen molar-refractivity contribution in [2.45, 2.75) is 27.7 Å². The van der Waals surface area contributed by atoms with E-state index in [4.69, 9.17) is 5.73 Å². The first-order valence-corrected chi connectivity index (χ1v) is 5.95. The van der Waals surface area contributed by atoms with Crippen LogP contribution in [0.15, 0.2) is 18.5 Å². The lowest BCUT2D eigenvalue weighted by Gasteiger charge is -2.29. The van der Waals surface area contributed by atoms with Gasteiger partial charge in [0.2, 0.25) is 0 Å². The highest BCUT2D eigenvalue weighted by molar-refractivity contribution is 5.65. The molecule has 0 radical (unpaired) electrons. The number of pyridine rings is 1. The highest BCUT2D eigenvalue weighted by Crippen LogP contribution is 2.23. The summed E-state index contributed by atoms with van der Waals surface area (Å²) in [6.07, 6.45) is 3.53. The number of aromatic nitrogens is 1. The van der Waals surface area contributed by atoms with Crippen LogP contribution in [0.3, 0.4) is 0 Å². The summed E-state index contributed by atoms with van der Waals surface area (Å²) in [6, 6.07) is 2.00. The van der Waals surface area contributed by atoms with E-state index in [2.05, 4.69) is 37.6 Å². The molecule has 1 aromatic heterocycles. The summed E-state index contributed by atoms with van der Waals surface area (Å²) in [5.41, 5.74) is 7.84. The third-order valence-corrected chi connectivity index (χ3v) is 2.34. The Bertz CT molecular complexity index is 311. The van der Waals surface area contributed by atoms with Crippen LogP contribution in [-0.2, 0) is 0 Å². The van der Waals surface area contributed by atoms with E-state index in [1.165, 1.54) is 0 Å². The minimum Gasteiger partial charge on any atom is -0.396 e. The maximum absolute atomic E-state index is 5.97. The summed E-state index contributed by atoms with van der Waals surface area (Å²) in [6.45, 7) is 11.0. The predicted octanol–water partition coefficient (Wildman–Crippen LogP) is 2.78. The van der Waals surface area contributed by atoms with Crippen molar-refractivity contribution in [3.8, 4) is 0 Å². The van der Waals surface area contributed by atoms with Crippen LogP contribution in [0.4, 0.5) is 11.4 Å². The number of nitrogens with two attached hydrogens (primary N) is 1. The van der Waals surface area contributed by atoms with Gasteiger partial charge in [-0.3, -0.25) is 4.98 Å². The highest BCUT2D eigenvalue weighted by atomic mass is 15.1. The molecule has 0 bridgehead atoms. The van der Waals surface area contributed by atoms with Gasteiger partial charge >= 0.3 is 0 Å². The lowest BCUT2D eigenvalue weighted by molar-refractivity contribution is 0.553. The number of nitrogen functional groups attached to an aromatic ring is 1. The Hall–Kier alpha value is -1.25. The molecule has 0 spiro atoms. The molecule has 0 saturated carbocycles. The first-order chi connectivity index (χ1) is 7.50. The average Bonchev–Trinajstić information content (AvgIpc) is 2.15. The van der Waals surface area contributed by atoms with Crippen LogP contribution in [0.2, 0.25) is 0 Å². The van der Waals surface area contributed by atoms with Crippen LogP contribution in [0.5, 0.6) is 0 Å². The van der Waals surface area contributed by atoms with Gasteiger partial charge in [0.15, 0.2) is 0 Å². The summed E-state index contributed by atoms with van der Waals surface area (Å²) in [5, 5.41) is 0. The Morgan fingerprint density at radius 1 is 1.19 bits per heavy atom.